The molecule has 1 aromatic rings. The molecule has 116 valence electrons. The summed E-state index contributed by atoms with van der Waals surface area (Å²) in [6.07, 6.45) is 2.89. The van der Waals surface area contributed by atoms with E-state index < -0.39 is 10.0 Å². The SMILES string of the molecule is CC1(C)CCC(NC(=O)c2ccc(Cl)c(S(N)(=O)=O)c2)C1. The number of benzene rings is 1. The first-order valence-electron chi connectivity index (χ1n) is 6.72. The largest absolute Gasteiger partial charge is 0.349 e. The van der Waals surface area contributed by atoms with Gasteiger partial charge in [-0.2, -0.15) is 0 Å². The van der Waals surface area contributed by atoms with Crippen LogP contribution in [0.15, 0.2) is 23.1 Å². The Balaban J connectivity index is 2.17. The average molecular weight is 331 g/mol. The number of carbonyl (C=O) groups is 1. The number of nitrogens with two attached hydrogens (primary N) is 1. The van der Waals surface area contributed by atoms with Crippen molar-refractivity contribution in [2.45, 2.75) is 44.0 Å². The van der Waals surface area contributed by atoms with Gasteiger partial charge in [-0.25, -0.2) is 13.6 Å². The second kappa shape index (κ2) is 5.59. The Hall–Kier alpha value is -1.11. The maximum Gasteiger partial charge on any atom is 0.251 e. The van der Waals surface area contributed by atoms with Crippen LogP contribution in [0, 0.1) is 5.41 Å². The van der Waals surface area contributed by atoms with Crippen molar-refractivity contribution < 1.29 is 13.2 Å². The van der Waals surface area contributed by atoms with E-state index in [0.717, 1.165) is 19.3 Å². The van der Waals surface area contributed by atoms with Crippen LogP contribution in [0.5, 0.6) is 0 Å². The molecule has 1 aliphatic carbocycles. The molecule has 0 saturated heterocycles. The highest BCUT2D eigenvalue weighted by Crippen LogP contribution is 2.37. The molecule has 1 fully saturated rings. The standard InChI is InChI=1S/C14H19ClN2O3S/c1-14(2)6-5-10(8-14)17-13(18)9-3-4-11(15)12(7-9)21(16,19)20/h3-4,7,10H,5-6,8H2,1-2H3,(H,17,18)(H2,16,19,20). The predicted octanol–water partition coefficient (Wildman–Crippen LogP) is 2.30. The van der Waals surface area contributed by atoms with Crippen LogP contribution in [-0.4, -0.2) is 20.4 Å². The van der Waals surface area contributed by atoms with Gasteiger partial charge in [-0.3, -0.25) is 4.79 Å². The average Bonchev–Trinajstić information content (AvgIpc) is 2.67. The quantitative estimate of drug-likeness (QED) is 0.891. The molecular formula is C14H19ClN2O3S. The lowest BCUT2D eigenvalue weighted by Crippen LogP contribution is -2.33. The smallest absolute Gasteiger partial charge is 0.251 e. The van der Waals surface area contributed by atoms with Gasteiger partial charge in [-0.05, 0) is 42.9 Å². The Kier molecular flexibility index (Phi) is 4.33. The molecule has 0 bridgehead atoms. The van der Waals surface area contributed by atoms with E-state index in [4.69, 9.17) is 16.7 Å². The highest BCUT2D eigenvalue weighted by Gasteiger charge is 2.31. The fraction of sp³-hybridized carbons (Fsp3) is 0.500. The monoisotopic (exact) mass is 330 g/mol. The van der Waals surface area contributed by atoms with Crippen LogP contribution in [0.3, 0.4) is 0 Å². The molecule has 1 atom stereocenters. The summed E-state index contributed by atoms with van der Waals surface area (Å²) < 4.78 is 22.8. The second-order valence-electron chi connectivity index (χ2n) is 6.27. The number of hydrogen-bond donors (Lipinski definition) is 2. The Morgan fingerprint density at radius 1 is 1.43 bits per heavy atom. The van der Waals surface area contributed by atoms with E-state index in [-0.39, 0.29) is 32.8 Å². The van der Waals surface area contributed by atoms with Crippen LogP contribution in [0.1, 0.15) is 43.5 Å². The zero-order chi connectivity index (χ0) is 15.8. The van der Waals surface area contributed by atoms with Gasteiger partial charge in [0, 0.05) is 11.6 Å². The van der Waals surface area contributed by atoms with Crippen molar-refractivity contribution in [3.05, 3.63) is 28.8 Å². The van der Waals surface area contributed by atoms with E-state index >= 15 is 0 Å². The summed E-state index contributed by atoms with van der Waals surface area (Å²) >= 11 is 5.80. The molecule has 1 aromatic carbocycles. The molecule has 1 unspecified atom stereocenters. The molecule has 0 aromatic heterocycles. The van der Waals surface area contributed by atoms with Crippen molar-refractivity contribution >= 4 is 27.5 Å². The summed E-state index contributed by atoms with van der Waals surface area (Å²) in [4.78, 5) is 12.0. The lowest BCUT2D eigenvalue weighted by atomic mass is 9.92. The fourth-order valence-electron chi connectivity index (χ4n) is 2.69. The lowest BCUT2D eigenvalue weighted by molar-refractivity contribution is 0.0936. The van der Waals surface area contributed by atoms with E-state index in [1.54, 1.807) is 0 Å². The lowest BCUT2D eigenvalue weighted by Gasteiger charge is -2.18. The van der Waals surface area contributed by atoms with Crippen LogP contribution in [0.25, 0.3) is 0 Å². The Bertz CT molecular complexity index is 671. The van der Waals surface area contributed by atoms with Crippen molar-refractivity contribution in [2.75, 3.05) is 0 Å². The van der Waals surface area contributed by atoms with Gasteiger partial charge < -0.3 is 5.32 Å². The number of halogens is 1. The minimum Gasteiger partial charge on any atom is -0.349 e. The van der Waals surface area contributed by atoms with Crippen LogP contribution < -0.4 is 10.5 Å². The third-order valence-corrected chi connectivity index (χ3v) is 5.20. The molecule has 0 spiro atoms. The van der Waals surface area contributed by atoms with E-state index in [1.165, 1.54) is 18.2 Å². The normalized spacial score (nSPS) is 21.2. The molecule has 21 heavy (non-hydrogen) atoms. The molecule has 1 amide bonds. The molecule has 1 saturated carbocycles. The Morgan fingerprint density at radius 2 is 2.10 bits per heavy atom. The van der Waals surface area contributed by atoms with Crippen molar-refractivity contribution in [3.8, 4) is 0 Å². The van der Waals surface area contributed by atoms with Crippen LogP contribution in [0.4, 0.5) is 0 Å². The predicted molar refractivity (Wildman–Crippen MR) is 81.7 cm³/mol. The highest BCUT2D eigenvalue weighted by molar-refractivity contribution is 7.89. The molecule has 5 nitrogen and oxygen atoms in total. The highest BCUT2D eigenvalue weighted by atomic mass is 35.5. The third-order valence-electron chi connectivity index (χ3n) is 3.80. The molecule has 7 heteroatoms. The molecule has 0 heterocycles. The summed E-state index contributed by atoms with van der Waals surface area (Å²) in [5.74, 6) is -0.306. The first kappa shape index (κ1) is 16.3. The minimum atomic E-state index is -3.95. The van der Waals surface area contributed by atoms with Gasteiger partial charge in [-0.15, -0.1) is 0 Å². The molecular weight excluding hydrogens is 312 g/mol. The summed E-state index contributed by atoms with van der Waals surface area (Å²) in [5.41, 5.74) is 0.470. The molecule has 1 aliphatic rings. The number of nitrogens with one attached hydrogen (secondary N) is 1. The zero-order valence-electron chi connectivity index (χ0n) is 12.0. The number of rotatable bonds is 3. The minimum absolute atomic E-state index is 0.0102. The van der Waals surface area contributed by atoms with Crippen molar-refractivity contribution in [2.24, 2.45) is 10.6 Å². The van der Waals surface area contributed by atoms with Crippen LogP contribution in [0.2, 0.25) is 5.02 Å². The molecule has 3 N–H and O–H groups in total. The van der Waals surface area contributed by atoms with Crippen molar-refractivity contribution in [1.82, 2.24) is 5.32 Å². The molecule has 0 radical (unpaired) electrons. The summed E-state index contributed by atoms with van der Waals surface area (Å²) in [6, 6.07) is 4.19. The van der Waals surface area contributed by atoms with E-state index in [0.29, 0.717) is 0 Å². The van der Waals surface area contributed by atoms with Crippen molar-refractivity contribution in [3.63, 3.8) is 0 Å². The fourth-order valence-corrected chi connectivity index (χ4v) is 3.76. The molecule has 0 aliphatic heterocycles. The number of sulfonamides is 1. The van der Waals surface area contributed by atoms with E-state index in [1.807, 2.05) is 0 Å². The van der Waals surface area contributed by atoms with Gasteiger partial charge in [0.15, 0.2) is 0 Å². The van der Waals surface area contributed by atoms with Gasteiger partial charge in [-0.1, -0.05) is 25.4 Å². The maximum absolute atomic E-state index is 12.2. The summed E-state index contributed by atoms with van der Waals surface area (Å²) in [5, 5.41) is 8.02. The van der Waals surface area contributed by atoms with Crippen molar-refractivity contribution in [1.29, 1.82) is 0 Å². The summed E-state index contributed by atoms with van der Waals surface area (Å²) in [6.45, 7) is 4.33. The van der Waals surface area contributed by atoms with E-state index in [9.17, 15) is 13.2 Å². The van der Waals surface area contributed by atoms with Crippen LogP contribution >= 0.6 is 11.6 Å². The van der Waals surface area contributed by atoms with Gasteiger partial charge in [0.1, 0.15) is 4.90 Å². The Labute approximate surface area is 129 Å². The molecule has 2 rings (SSSR count). The zero-order valence-corrected chi connectivity index (χ0v) is 13.6. The summed E-state index contributed by atoms with van der Waals surface area (Å²) in [7, 11) is -3.95. The second-order valence-corrected chi connectivity index (χ2v) is 8.20. The maximum atomic E-state index is 12.2. The number of amides is 1. The number of primary sulfonamides is 1. The van der Waals surface area contributed by atoms with Gasteiger partial charge in [0.25, 0.3) is 5.91 Å². The number of hydrogen-bond acceptors (Lipinski definition) is 3. The first-order valence-corrected chi connectivity index (χ1v) is 8.64. The van der Waals surface area contributed by atoms with Crippen LogP contribution in [-0.2, 0) is 10.0 Å². The van der Waals surface area contributed by atoms with Gasteiger partial charge in [0.05, 0.1) is 5.02 Å². The topological polar surface area (TPSA) is 89.3 Å². The third kappa shape index (κ3) is 3.96. The number of carbonyl (C=O) groups excluding carboxylic acids is 1. The van der Waals surface area contributed by atoms with Gasteiger partial charge in [0.2, 0.25) is 10.0 Å². The van der Waals surface area contributed by atoms with E-state index in [2.05, 4.69) is 19.2 Å². The Morgan fingerprint density at radius 3 is 2.62 bits per heavy atom. The first-order chi connectivity index (χ1) is 9.58. The van der Waals surface area contributed by atoms with Gasteiger partial charge >= 0.3 is 0 Å².